The molecule has 2 atom stereocenters. The average Bonchev–Trinajstić information content (AvgIpc) is 2.78. The molecule has 2 N–H and O–H groups in total. The number of likely N-dealkylation sites (tertiary alicyclic amines) is 1. The van der Waals surface area contributed by atoms with Crippen molar-refractivity contribution >= 4 is 6.03 Å². The molecular formula is C24H31N3O3. The van der Waals surface area contributed by atoms with Crippen molar-refractivity contribution in [3.8, 4) is 5.75 Å². The van der Waals surface area contributed by atoms with Gasteiger partial charge in [-0.1, -0.05) is 42.5 Å². The quantitative estimate of drug-likeness (QED) is 0.770. The number of nitrogens with one attached hydrogen (secondary N) is 1. The summed E-state index contributed by atoms with van der Waals surface area (Å²) >= 11 is 0. The third kappa shape index (κ3) is 5.52. The van der Waals surface area contributed by atoms with Gasteiger partial charge >= 0.3 is 6.03 Å². The average molecular weight is 410 g/mol. The highest BCUT2D eigenvalue weighted by molar-refractivity contribution is 5.75. The highest BCUT2D eigenvalue weighted by Crippen LogP contribution is 2.19. The number of hydrogen-bond donors (Lipinski definition) is 2. The molecule has 6 heteroatoms. The molecule has 6 nitrogen and oxygen atoms in total. The zero-order chi connectivity index (χ0) is 20.8. The highest BCUT2D eigenvalue weighted by atomic mass is 16.5. The molecule has 2 aromatic rings. The highest BCUT2D eigenvalue weighted by Gasteiger charge is 2.26. The first-order chi connectivity index (χ1) is 14.7. The van der Waals surface area contributed by atoms with E-state index in [0.717, 1.165) is 44.6 Å². The van der Waals surface area contributed by atoms with Crippen LogP contribution >= 0.6 is 0 Å². The molecule has 0 bridgehead atoms. The van der Waals surface area contributed by atoms with E-state index in [1.807, 2.05) is 41.3 Å². The van der Waals surface area contributed by atoms with Crippen molar-refractivity contribution in [2.75, 3.05) is 32.8 Å². The van der Waals surface area contributed by atoms with Crippen molar-refractivity contribution in [3.05, 3.63) is 65.7 Å². The maximum Gasteiger partial charge on any atom is 0.317 e. The van der Waals surface area contributed by atoms with E-state index in [-0.39, 0.29) is 18.7 Å². The predicted molar refractivity (Wildman–Crippen MR) is 116 cm³/mol. The van der Waals surface area contributed by atoms with E-state index in [0.29, 0.717) is 13.1 Å². The minimum atomic E-state index is -0.557. The van der Waals surface area contributed by atoms with E-state index in [1.165, 1.54) is 11.1 Å². The first kappa shape index (κ1) is 20.7. The first-order valence-electron chi connectivity index (χ1n) is 10.9. The third-order valence-corrected chi connectivity index (χ3v) is 5.91. The van der Waals surface area contributed by atoms with Crippen LogP contribution in [-0.2, 0) is 13.0 Å². The Bertz CT molecular complexity index is 829. The van der Waals surface area contributed by atoms with Crippen LogP contribution < -0.4 is 10.1 Å². The monoisotopic (exact) mass is 409 g/mol. The fourth-order valence-electron chi connectivity index (χ4n) is 4.33. The summed E-state index contributed by atoms with van der Waals surface area (Å²) < 4.78 is 5.66. The Morgan fingerprint density at radius 2 is 1.87 bits per heavy atom. The number of carbonyl (C=O) groups is 1. The summed E-state index contributed by atoms with van der Waals surface area (Å²) in [5, 5.41) is 13.6. The summed E-state index contributed by atoms with van der Waals surface area (Å²) in [5.74, 6) is 0.767. The van der Waals surface area contributed by atoms with Gasteiger partial charge < -0.3 is 20.1 Å². The number of amides is 2. The van der Waals surface area contributed by atoms with Gasteiger partial charge in [-0.3, -0.25) is 4.90 Å². The molecule has 0 aromatic heterocycles. The van der Waals surface area contributed by atoms with Crippen LogP contribution in [0.4, 0.5) is 4.79 Å². The second kappa shape index (κ2) is 9.96. The summed E-state index contributed by atoms with van der Waals surface area (Å²) in [4.78, 5) is 16.9. The third-order valence-electron chi connectivity index (χ3n) is 5.91. The molecule has 0 saturated carbocycles. The molecule has 0 radical (unpaired) electrons. The number of fused-ring (bicyclic) bond motifs is 1. The van der Waals surface area contributed by atoms with Gasteiger partial charge in [0.05, 0.1) is 0 Å². The molecule has 160 valence electrons. The zero-order valence-electron chi connectivity index (χ0n) is 17.4. The molecular weight excluding hydrogens is 378 g/mol. The zero-order valence-corrected chi connectivity index (χ0v) is 17.4. The van der Waals surface area contributed by atoms with Gasteiger partial charge in [0.1, 0.15) is 18.5 Å². The number of hydrogen-bond acceptors (Lipinski definition) is 4. The minimum Gasteiger partial charge on any atom is -0.491 e. The second-order valence-electron chi connectivity index (χ2n) is 8.27. The van der Waals surface area contributed by atoms with Crippen molar-refractivity contribution < 1.29 is 14.6 Å². The number of carbonyl (C=O) groups excluding carboxylic acids is 1. The smallest absolute Gasteiger partial charge is 0.317 e. The Morgan fingerprint density at radius 3 is 2.70 bits per heavy atom. The number of rotatable bonds is 6. The van der Waals surface area contributed by atoms with Gasteiger partial charge in [-0.25, -0.2) is 4.79 Å². The Morgan fingerprint density at radius 1 is 1.10 bits per heavy atom. The van der Waals surface area contributed by atoms with Crippen LogP contribution in [0.2, 0.25) is 0 Å². The largest absolute Gasteiger partial charge is 0.491 e. The molecule has 4 rings (SSSR count). The van der Waals surface area contributed by atoms with Gasteiger partial charge in [0.2, 0.25) is 0 Å². The topological polar surface area (TPSA) is 65.0 Å². The Hall–Kier alpha value is -2.57. The second-order valence-corrected chi connectivity index (χ2v) is 8.27. The van der Waals surface area contributed by atoms with E-state index >= 15 is 0 Å². The fraction of sp³-hybridized carbons (Fsp3) is 0.458. The maximum atomic E-state index is 12.8. The Balaban J connectivity index is 1.22. The lowest BCUT2D eigenvalue weighted by Crippen LogP contribution is -2.53. The number of aliphatic hydroxyl groups is 1. The number of ether oxygens (including phenoxy) is 1. The van der Waals surface area contributed by atoms with Gasteiger partial charge in [0.25, 0.3) is 0 Å². The van der Waals surface area contributed by atoms with E-state index in [9.17, 15) is 9.90 Å². The van der Waals surface area contributed by atoms with Crippen LogP contribution in [0, 0.1) is 0 Å². The lowest BCUT2D eigenvalue weighted by atomic mass is 10.00. The van der Waals surface area contributed by atoms with Crippen molar-refractivity contribution in [2.24, 2.45) is 0 Å². The normalized spacial score (nSPS) is 20.3. The molecule has 2 unspecified atom stereocenters. The number of benzene rings is 2. The summed E-state index contributed by atoms with van der Waals surface area (Å²) in [5.41, 5.74) is 2.59. The molecule has 2 aromatic carbocycles. The number of β-amino-alcohol motifs (C(OH)–C–C–N with tert-alkyl or cyclic N) is 1. The van der Waals surface area contributed by atoms with Crippen molar-refractivity contribution in [2.45, 2.75) is 38.0 Å². The Labute approximate surface area is 178 Å². The lowest BCUT2D eigenvalue weighted by Gasteiger charge is -2.36. The molecule has 0 aliphatic carbocycles. The number of aliphatic hydroxyl groups excluding tert-OH is 1. The van der Waals surface area contributed by atoms with Crippen LogP contribution in [-0.4, -0.2) is 65.9 Å². The SMILES string of the molecule is O=C(NC1CCCN(CC(O)COc2ccccc2)C1)N1CCc2ccccc2C1. The summed E-state index contributed by atoms with van der Waals surface area (Å²) in [6.07, 6.45) is 2.34. The maximum absolute atomic E-state index is 12.8. The molecule has 0 spiro atoms. The predicted octanol–water partition coefficient (Wildman–Crippen LogP) is 2.66. The Kier molecular flexibility index (Phi) is 6.87. The molecule has 2 aliphatic heterocycles. The van der Waals surface area contributed by atoms with Crippen molar-refractivity contribution in [3.63, 3.8) is 0 Å². The molecule has 2 aliphatic rings. The van der Waals surface area contributed by atoms with Crippen LogP contribution in [0.1, 0.15) is 24.0 Å². The molecule has 2 amide bonds. The number of piperidine rings is 1. The van der Waals surface area contributed by atoms with Crippen LogP contribution in [0.15, 0.2) is 54.6 Å². The number of urea groups is 1. The van der Waals surface area contributed by atoms with Crippen molar-refractivity contribution in [1.82, 2.24) is 15.1 Å². The van der Waals surface area contributed by atoms with Crippen LogP contribution in [0.25, 0.3) is 0 Å². The first-order valence-corrected chi connectivity index (χ1v) is 10.9. The van der Waals surface area contributed by atoms with E-state index in [2.05, 4.69) is 28.4 Å². The van der Waals surface area contributed by atoms with Crippen molar-refractivity contribution in [1.29, 1.82) is 0 Å². The minimum absolute atomic E-state index is 0.0179. The molecule has 1 fully saturated rings. The number of nitrogens with zero attached hydrogens (tertiary/aromatic N) is 2. The lowest BCUT2D eigenvalue weighted by molar-refractivity contribution is 0.0563. The van der Waals surface area contributed by atoms with Crippen LogP contribution in [0.5, 0.6) is 5.75 Å². The van der Waals surface area contributed by atoms with Gasteiger partial charge in [0, 0.05) is 32.2 Å². The van der Waals surface area contributed by atoms with E-state index in [4.69, 9.17) is 4.74 Å². The van der Waals surface area contributed by atoms with Gasteiger partial charge in [-0.05, 0) is 49.1 Å². The standard InChI is InChI=1S/C24H31N3O3/c28-22(18-30-23-10-2-1-3-11-23)17-26-13-6-9-21(16-26)25-24(29)27-14-12-19-7-4-5-8-20(19)15-27/h1-5,7-8,10-11,21-22,28H,6,9,12-18H2,(H,25,29). The molecule has 2 heterocycles. The summed E-state index contributed by atoms with van der Waals surface area (Å²) in [6, 6.07) is 18.0. The van der Waals surface area contributed by atoms with Gasteiger partial charge in [0.15, 0.2) is 0 Å². The summed E-state index contributed by atoms with van der Waals surface area (Å²) in [7, 11) is 0. The van der Waals surface area contributed by atoms with Gasteiger partial charge in [-0.15, -0.1) is 0 Å². The number of para-hydroxylation sites is 1. The summed E-state index contributed by atoms with van der Waals surface area (Å²) in [6.45, 7) is 3.95. The fourth-order valence-corrected chi connectivity index (χ4v) is 4.33. The van der Waals surface area contributed by atoms with E-state index < -0.39 is 6.10 Å². The van der Waals surface area contributed by atoms with Gasteiger partial charge in [-0.2, -0.15) is 0 Å². The van der Waals surface area contributed by atoms with E-state index in [1.54, 1.807) is 0 Å². The molecule has 30 heavy (non-hydrogen) atoms. The van der Waals surface area contributed by atoms with Crippen LogP contribution in [0.3, 0.4) is 0 Å². The molecule has 1 saturated heterocycles.